The molecule has 0 spiro atoms. The molecule has 0 aromatic carbocycles. The van der Waals surface area contributed by atoms with Crippen LogP contribution in [0.3, 0.4) is 0 Å². The number of esters is 2. The molecule has 3 N–H and O–H groups in total. The van der Waals surface area contributed by atoms with Gasteiger partial charge in [-0.2, -0.15) is 0 Å². The third-order valence-corrected chi connectivity index (χ3v) is 2.17. The maximum absolute atomic E-state index is 11.0. The molecule has 0 radical (unpaired) electrons. The van der Waals surface area contributed by atoms with E-state index in [1.54, 1.807) is 0 Å². The molecule has 0 amide bonds. The summed E-state index contributed by atoms with van der Waals surface area (Å²) < 4.78 is 9.32. The van der Waals surface area contributed by atoms with Crippen molar-refractivity contribution < 1.29 is 29.0 Å². The molecule has 7 nitrogen and oxygen atoms in total. The van der Waals surface area contributed by atoms with Gasteiger partial charge in [0.15, 0.2) is 0 Å². The monoisotopic (exact) mass is 261 g/mol. The summed E-state index contributed by atoms with van der Waals surface area (Å²) in [5.74, 6) is -3.94. The van der Waals surface area contributed by atoms with Gasteiger partial charge in [0, 0.05) is 13.8 Å². The van der Waals surface area contributed by atoms with Crippen molar-refractivity contribution >= 4 is 18.2 Å². The topological polar surface area (TPSA) is 116 Å². The molecule has 0 fully saturated rings. The number of hydrogen-bond donors (Lipinski definition) is 2. The van der Waals surface area contributed by atoms with Gasteiger partial charge in [-0.05, 0) is 25.8 Å². The van der Waals surface area contributed by atoms with Crippen LogP contribution in [0.25, 0.3) is 0 Å². The van der Waals surface area contributed by atoms with E-state index in [1.807, 2.05) is 0 Å². The molecule has 18 heavy (non-hydrogen) atoms. The minimum absolute atomic E-state index is 0.114. The first-order valence-electron chi connectivity index (χ1n) is 5.61. The minimum Gasteiger partial charge on any atom is -0.413 e. The second-order valence-electron chi connectivity index (χ2n) is 3.83. The maximum Gasteiger partial charge on any atom is 0.339 e. The summed E-state index contributed by atoms with van der Waals surface area (Å²) in [6.45, 7) is 2.53. The summed E-state index contributed by atoms with van der Waals surface area (Å²) >= 11 is 0. The Balaban J connectivity index is 4.84. The lowest BCUT2D eigenvalue weighted by Gasteiger charge is -2.30. The molecule has 1 unspecified atom stereocenters. The fourth-order valence-electron chi connectivity index (χ4n) is 1.42. The van der Waals surface area contributed by atoms with E-state index in [9.17, 15) is 19.5 Å². The van der Waals surface area contributed by atoms with Crippen molar-refractivity contribution in [1.29, 1.82) is 0 Å². The molecular formula is C11H19NO6. The number of hydrogen-bond acceptors (Lipinski definition) is 7. The summed E-state index contributed by atoms with van der Waals surface area (Å²) in [4.78, 5) is 32.9. The quantitative estimate of drug-likeness (QED) is 0.262. The molecule has 0 aliphatic heterocycles. The van der Waals surface area contributed by atoms with Crippen LogP contribution < -0.4 is 5.73 Å². The standard InChI is InChI=1S/C11H19NO6/c1-8(14)17-11(7-13,18-9(2)15)10(16)5-3-4-6-12/h7,10,16H,3-6,12H2,1-2H3. The van der Waals surface area contributed by atoms with Crippen LogP contribution >= 0.6 is 0 Å². The highest BCUT2D eigenvalue weighted by molar-refractivity contribution is 5.76. The van der Waals surface area contributed by atoms with Crippen molar-refractivity contribution in [1.82, 2.24) is 0 Å². The van der Waals surface area contributed by atoms with E-state index >= 15 is 0 Å². The van der Waals surface area contributed by atoms with E-state index in [4.69, 9.17) is 5.73 Å². The highest BCUT2D eigenvalue weighted by Gasteiger charge is 2.44. The molecule has 0 saturated heterocycles. The molecular weight excluding hydrogens is 242 g/mol. The van der Waals surface area contributed by atoms with Crippen LogP contribution in [0.4, 0.5) is 0 Å². The molecule has 104 valence electrons. The Morgan fingerprint density at radius 3 is 2.11 bits per heavy atom. The fraction of sp³-hybridized carbons (Fsp3) is 0.727. The average Bonchev–Trinajstić information content (AvgIpc) is 2.26. The van der Waals surface area contributed by atoms with Crippen LogP contribution in [0.2, 0.25) is 0 Å². The first-order valence-corrected chi connectivity index (χ1v) is 5.61. The number of aliphatic hydroxyl groups is 1. The van der Waals surface area contributed by atoms with E-state index in [-0.39, 0.29) is 12.7 Å². The number of nitrogens with two attached hydrogens (primary N) is 1. The number of unbranched alkanes of at least 4 members (excludes halogenated alkanes) is 1. The van der Waals surface area contributed by atoms with E-state index in [0.717, 1.165) is 13.8 Å². The van der Waals surface area contributed by atoms with Crippen LogP contribution in [0.5, 0.6) is 0 Å². The fourth-order valence-corrected chi connectivity index (χ4v) is 1.42. The number of carbonyl (C=O) groups excluding carboxylic acids is 3. The molecule has 0 rings (SSSR count). The molecule has 0 aromatic rings. The lowest BCUT2D eigenvalue weighted by molar-refractivity contribution is -0.244. The molecule has 0 aromatic heterocycles. The number of rotatable bonds is 8. The highest BCUT2D eigenvalue weighted by Crippen LogP contribution is 2.21. The van der Waals surface area contributed by atoms with Crippen molar-refractivity contribution in [2.45, 2.75) is 45.0 Å². The van der Waals surface area contributed by atoms with Gasteiger partial charge in [0.05, 0.1) is 0 Å². The van der Waals surface area contributed by atoms with Gasteiger partial charge in [0.25, 0.3) is 0 Å². The molecule has 0 aliphatic rings. The molecule has 0 heterocycles. The number of carbonyl (C=O) groups is 3. The third kappa shape index (κ3) is 5.24. The summed E-state index contributed by atoms with van der Waals surface area (Å²) in [6, 6.07) is 0. The lowest BCUT2D eigenvalue weighted by atomic mass is 10.0. The SMILES string of the molecule is CC(=O)OC(C=O)(OC(C)=O)C(O)CCCCN. The van der Waals surface area contributed by atoms with Crippen molar-refractivity contribution in [3.8, 4) is 0 Å². The Morgan fingerprint density at radius 2 is 1.78 bits per heavy atom. The second kappa shape index (κ2) is 7.78. The summed E-state index contributed by atoms with van der Waals surface area (Å²) in [6.07, 6.45) is -0.0456. The first-order chi connectivity index (χ1) is 8.38. The third-order valence-electron chi connectivity index (χ3n) is 2.17. The van der Waals surface area contributed by atoms with Gasteiger partial charge in [-0.1, -0.05) is 0 Å². The summed E-state index contributed by atoms with van der Waals surface area (Å²) in [5.41, 5.74) is 5.30. The van der Waals surface area contributed by atoms with Gasteiger partial charge in [0.2, 0.25) is 6.29 Å². The van der Waals surface area contributed by atoms with Crippen LogP contribution in [0, 0.1) is 0 Å². The van der Waals surface area contributed by atoms with E-state index < -0.39 is 23.8 Å². The smallest absolute Gasteiger partial charge is 0.339 e. The zero-order valence-electron chi connectivity index (χ0n) is 10.5. The van der Waals surface area contributed by atoms with Gasteiger partial charge in [0.1, 0.15) is 6.10 Å². The first kappa shape index (κ1) is 16.5. The number of ether oxygens (including phenoxy) is 2. The van der Waals surface area contributed by atoms with Crippen LogP contribution in [-0.4, -0.2) is 41.8 Å². The molecule has 1 atom stereocenters. The normalized spacial score (nSPS) is 12.7. The predicted octanol–water partition coefficient (Wildman–Crippen LogP) is -0.502. The minimum atomic E-state index is -2.27. The Hall–Kier alpha value is -1.47. The number of aliphatic hydroxyl groups excluding tert-OH is 1. The maximum atomic E-state index is 11.0. The zero-order chi connectivity index (χ0) is 14.2. The predicted molar refractivity (Wildman–Crippen MR) is 61.2 cm³/mol. The Bertz CT molecular complexity index is 288. The largest absolute Gasteiger partial charge is 0.413 e. The Morgan fingerprint density at radius 1 is 1.28 bits per heavy atom. The van der Waals surface area contributed by atoms with Gasteiger partial charge in [-0.25, -0.2) is 0 Å². The van der Waals surface area contributed by atoms with Crippen LogP contribution in [0.1, 0.15) is 33.1 Å². The second-order valence-corrected chi connectivity index (χ2v) is 3.83. The van der Waals surface area contributed by atoms with Crippen LogP contribution in [-0.2, 0) is 23.9 Å². The zero-order valence-corrected chi connectivity index (χ0v) is 10.5. The van der Waals surface area contributed by atoms with Crippen LogP contribution in [0.15, 0.2) is 0 Å². The van der Waals surface area contributed by atoms with E-state index in [2.05, 4.69) is 9.47 Å². The summed E-state index contributed by atoms with van der Waals surface area (Å²) in [5, 5.41) is 9.86. The van der Waals surface area contributed by atoms with E-state index in [1.165, 1.54) is 0 Å². The van der Waals surface area contributed by atoms with Gasteiger partial charge in [-0.3, -0.25) is 14.4 Å². The summed E-state index contributed by atoms with van der Waals surface area (Å²) in [7, 11) is 0. The molecule has 7 heteroatoms. The molecule has 0 bridgehead atoms. The lowest BCUT2D eigenvalue weighted by Crippen LogP contribution is -2.51. The Kier molecular flexibility index (Phi) is 7.14. The van der Waals surface area contributed by atoms with Crippen molar-refractivity contribution in [2.24, 2.45) is 5.73 Å². The molecule has 0 aliphatic carbocycles. The Labute approximate surface area is 105 Å². The number of aldehydes is 1. The van der Waals surface area contributed by atoms with Gasteiger partial charge >= 0.3 is 17.7 Å². The van der Waals surface area contributed by atoms with Gasteiger partial charge in [-0.15, -0.1) is 0 Å². The molecule has 0 saturated carbocycles. The van der Waals surface area contributed by atoms with Crippen molar-refractivity contribution in [3.63, 3.8) is 0 Å². The van der Waals surface area contributed by atoms with Gasteiger partial charge < -0.3 is 20.3 Å². The average molecular weight is 261 g/mol. The highest BCUT2D eigenvalue weighted by atomic mass is 16.7. The van der Waals surface area contributed by atoms with Crippen molar-refractivity contribution in [3.05, 3.63) is 0 Å². The van der Waals surface area contributed by atoms with Crippen molar-refractivity contribution in [2.75, 3.05) is 6.54 Å². The van der Waals surface area contributed by atoms with E-state index in [0.29, 0.717) is 19.4 Å².